The van der Waals surface area contributed by atoms with E-state index in [0.29, 0.717) is 11.6 Å². The number of hydrogen-bond acceptors (Lipinski definition) is 4. The fourth-order valence-corrected chi connectivity index (χ4v) is 1.99. The van der Waals surface area contributed by atoms with Gasteiger partial charge in [-0.05, 0) is 48.9 Å². The van der Waals surface area contributed by atoms with Gasteiger partial charge in [0.1, 0.15) is 5.52 Å². The van der Waals surface area contributed by atoms with Crippen molar-refractivity contribution in [3.05, 3.63) is 42.0 Å². The van der Waals surface area contributed by atoms with E-state index in [-0.39, 0.29) is 0 Å². The van der Waals surface area contributed by atoms with Gasteiger partial charge in [-0.3, -0.25) is 0 Å². The standard InChI is InChI=1S/C14H13N3O/c1-8-6-9(15)2-4-11(8)14-17-12-7-10(16)3-5-13(12)18-14/h2-7H,15-16H2,1H3. The SMILES string of the molecule is Cc1cc(N)ccc1-c1nc2cc(N)ccc2o1. The molecule has 3 rings (SSSR count). The lowest BCUT2D eigenvalue weighted by Gasteiger charge is -2.01. The second kappa shape index (κ2) is 3.77. The highest BCUT2D eigenvalue weighted by Crippen LogP contribution is 2.28. The molecule has 1 aromatic heterocycles. The van der Waals surface area contributed by atoms with Crippen LogP contribution in [-0.4, -0.2) is 4.98 Å². The Morgan fingerprint density at radius 1 is 1.00 bits per heavy atom. The summed E-state index contributed by atoms with van der Waals surface area (Å²) in [5.41, 5.74) is 16.3. The predicted octanol–water partition coefficient (Wildman–Crippen LogP) is 2.97. The van der Waals surface area contributed by atoms with E-state index >= 15 is 0 Å². The Morgan fingerprint density at radius 2 is 1.72 bits per heavy atom. The Morgan fingerprint density at radius 3 is 2.50 bits per heavy atom. The average molecular weight is 239 g/mol. The lowest BCUT2D eigenvalue weighted by Crippen LogP contribution is -1.88. The maximum Gasteiger partial charge on any atom is 0.227 e. The number of aryl methyl sites for hydroxylation is 1. The number of aromatic nitrogens is 1. The predicted molar refractivity (Wildman–Crippen MR) is 73.0 cm³/mol. The van der Waals surface area contributed by atoms with Gasteiger partial charge in [-0.2, -0.15) is 0 Å². The van der Waals surface area contributed by atoms with Gasteiger partial charge in [-0.1, -0.05) is 0 Å². The van der Waals surface area contributed by atoms with Crippen molar-refractivity contribution < 1.29 is 4.42 Å². The highest BCUT2D eigenvalue weighted by Gasteiger charge is 2.10. The number of oxazole rings is 1. The Hall–Kier alpha value is -2.49. The van der Waals surface area contributed by atoms with E-state index in [4.69, 9.17) is 15.9 Å². The number of anilines is 2. The van der Waals surface area contributed by atoms with E-state index in [9.17, 15) is 0 Å². The topological polar surface area (TPSA) is 78.1 Å². The lowest BCUT2D eigenvalue weighted by atomic mass is 10.1. The molecule has 3 aromatic rings. The van der Waals surface area contributed by atoms with E-state index in [1.54, 1.807) is 12.1 Å². The van der Waals surface area contributed by atoms with Crippen molar-refractivity contribution in [1.29, 1.82) is 0 Å². The largest absolute Gasteiger partial charge is 0.436 e. The summed E-state index contributed by atoms with van der Waals surface area (Å²) in [5, 5.41) is 0. The molecule has 0 aliphatic heterocycles. The molecule has 0 saturated heterocycles. The highest BCUT2D eigenvalue weighted by molar-refractivity contribution is 5.80. The van der Waals surface area contributed by atoms with Crippen molar-refractivity contribution in [2.75, 3.05) is 11.5 Å². The summed E-state index contributed by atoms with van der Waals surface area (Å²) in [4.78, 5) is 4.45. The molecular weight excluding hydrogens is 226 g/mol. The van der Waals surface area contributed by atoms with Crippen LogP contribution < -0.4 is 11.5 Å². The minimum absolute atomic E-state index is 0.591. The van der Waals surface area contributed by atoms with E-state index in [1.807, 2.05) is 31.2 Å². The van der Waals surface area contributed by atoms with Gasteiger partial charge in [0.05, 0.1) is 0 Å². The van der Waals surface area contributed by atoms with Crippen LogP contribution in [0.25, 0.3) is 22.6 Å². The summed E-state index contributed by atoms with van der Waals surface area (Å²) < 4.78 is 5.72. The Labute approximate surface area is 104 Å². The average Bonchev–Trinajstić information content (AvgIpc) is 2.71. The quantitative estimate of drug-likeness (QED) is 0.640. The summed E-state index contributed by atoms with van der Waals surface area (Å²) in [6.45, 7) is 1.98. The van der Waals surface area contributed by atoms with Crippen LogP contribution in [0.4, 0.5) is 11.4 Å². The number of hydrogen-bond donors (Lipinski definition) is 2. The van der Waals surface area contributed by atoms with Crippen LogP contribution in [0.5, 0.6) is 0 Å². The van der Waals surface area contributed by atoms with Gasteiger partial charge >= 0.3 is 0 Å². The molecule has 2 aromatic carbocycles. The maximum absolute atomic E-state index is 5.73. The van der Waals surface area contributed by atoms with E-state index < -0.39 is 0 Å². The summed E-state index contributed by atoms with van der Waals surface area (Å²) >= 11 is 0. The van der Waals surface area contributed by atoms with Gasteiger partial charge in [0.2, 0.25) is 5.89 Å². The van der Waals surface area contributed by atoms with E-state index in [0.717, 1.165) is 27.9 Å². The summed E-state index contributed by atoms with van der Waals surface area (Å²) in [7, 11) is 0. The molecule has 0 atom stereocenters. The van der Waals surface area contributed by atoms with Crippen molar-refractivity contribution in [2.24, 2.45) is 0 Å². The van der Waals surface area contributed by atoms with Crippen molar-refractivity contribution >= 4 is 22.5 Å². The molecule has 0 aliphatic rings. The number of nitrogen functional groups attached to an aromatic ring is 2. The van der Waals surface area contributed by atoms with Crippen LogP contribution in [0.1, 0.15) is 5.56 Å². The monoisotopic (exact) mass is 239 g/mol. The fourth-order valence-electron chi connectivity index (χ4n) is 1.99. The van der Waals surface area contributed by atoms with Crippen LogP contribution in [0.3, 0.4) is 0 Å². The second-order valence-corrected chi connectivity index (χ2v) is 4.32. The third kappa shape index (κ3) is 1.68. The fraction of sp³-hybridized carbons (Fsp3) is 0.0714. The van der Waals surface area contributed by atoms with Crippen LogP contribution in [0.2, 0.25) is 0 Å². The van der Waals surface area contributed by atoms with Gasteiger partial charge in [0.25, 0.3) is 0 Å². The molecule has 0 amide bonds. The zero-order valence-corrected chi connectivity index (χ0v) is 9.97. The minimum Gasteiger partial charge on any atom is -0.436 e. The van der Waals surface area contributed by atoms with Gasteiger partial charge in [-0.25, -0.2) is 4.98 Å². The number of fused-ring (bicyclic) bond motifs is 1. The zero-order chi connectivity index (χ0) is 12.7. The van der Waals surface area contributed by atoms with Crippen LogP contribution in [0, 0.1) is 6.92 Å². The summed E-state index contributed by atoms with van der Waals surface area (Å²) in [6.07, 6.45) is 0. The third-order valence-electron chi connectivity index (χ3n) is 2.89. The molecule has 90 valence electrons. The van der Waals surface area contributed by atoms with Crippen molar-refractivity contribution in [2.45, 2.75) is 6.92 Å². The molecule has 0 fully saturated rings. The second-order valence-electron chi connectivity index (χ2n) is 4.32. The number of nitrogens with zero attached hydrogens (tertiary/aromatic N) is 1. The molecule has 4 N–H and O–H groups in total. The highest BCUT2D eigenvalue weighted by atomic mass is 16.3. The van der Waals surface area contributed by atoms with Crippen LogP contribution in [-0.2, 0) is 0 Å². The molecule has 0 unspecified atom stereocenters. The number of benzene rings is 2. The molecule has 4 nitrogen and oxygen atoms in total. The van der Waals surface area contributed by atoms with E-state index in [2.05, 4.69) is 4.98 Å². The van der Waals surface area contributed by atoms with Gasteiger partial charge in [-0.15, -0.1) is 0 Å². The normalized spacial score (nSPS) is 10.9. The number of rotatable bonds is 1. The Bertz CT molecular complexity index is 731. The smallest absolute Gasteiger partial charge is 0.227 e. The first-order valence-corrected chi connectivity index (χ1v) is 5.66. The Balaban J connectivity index is 2.19. The first-order valence-electron chi connectivity index (χ1n) is 5.66. The molecule has 0 saturated carbocycles. The molecule has 0 spiro atoms. The van der Waals surface area contributed by atoms with Gasteiger partial charge in [0, 0.05) is 16.9 Å². The molecule has 18 heavy (non-hydrogen) atoms. The maximum atomic E-state index is 5.73. The van der Waals surface area contributed by atoms with Crippen molar-refractivity contribution in [3.8, 4) is 11.5 Å². The Kier molecular flexibility index (Phi) is 2.23. The van der Waals surface area contributed by atoms with Crippen LogP contribution in [0.15, 0.2) is 40.8 Å². The summed E-state index contributed by atoms with van der Waals surface area (Å²) in [5.74, 6) is 0.591. The number of nitrogens with two attached hydrogens (primary N) is 2. The molecule has 1 heterocycles. The van der Waals surface area contributed by atoms with Gasteiger partial charge in [0.15, 0.2) is 5.58 Å². The summed E-state index contributed by atoms with van der Waals surface area (Å²) in [6, 6.07) is 11.1. The zero-order valence-electron chi connectivity index (χ0n) is 9.97. The first-order chi connectivity index (χ1) is 8.63. The third-order valence-corrected chi connectivity index (χ3v) is 2.89. The molecule has 0 aliphatic carbocycles. The molecule has 0 radical (unpaired) electrons. The minimum atomic E-state index is 0.591. The first kappa shape index (κ1) is 10.7. The van der Waals surface area contributed by atoms with Crippen LogP contribution >= 0.6 is 0 Å². The molecular formula is C14H13N3O. The molecule has 4 heteroatoms. The van der Waals surface area contributed by atoms with E-state index in [1.165, 1.54) is 0 Å². The van der Waals surface area contributed by atoms with Gasteiger partial charge < -0.3 is 15.9 Å². The molecule has 0 bridgehead atoms. The van der Waals surface area contributed by atoms with Crippen molar-refractivity contribution in [1.82, 2.24) is 4.98 Å². The lowest BCUT2D eigenvalue weighted by molar-refractivity contribution is 0.619. The van der Waals surface area contributed by atoms with Crippen molar-refractivity contribution in [3.63, 3.8) is 0 Å².